The molecule has 23 heavy (non-hydrogen) atoms. The summed E-state index contributed by atoms with van der Waals surface area (Å²) in [6.45, 7) is 9.19. The number of alkyl carbamates (subject to hydrolysis) is 1. The first-order chi connectivity index (χ1) is 10.6. The number of hydrazine groups is 1. The van der Waals surface area contributed by atoms with Crippen molar-refractivity contribution in [3.8, 4) is 0 Å². The summed E-state index contributed by atoms with van der Waals surface area (Å²) in [6.07, 6.45) is 2.95. The highest BCUT2D eigenvalue weighted by molar-refractivity contribution is 5.77. The fraction of sp³-hybridized carbons (Fsp3) is 0.812. The van der Waals surface area contributed by atoms with Gasteiger partial charge in [-0.05, 0) is 39.5 Å². The van der Waals surface area contributed by atoms with E-state index in [9.17, 15) is 14.4 Å². The van der Waals surface area contributed by atoms with Crippen LogP contribution in [0.5, 0.6) is 0 Å². The Kier molecular flexibility index (Phi) is 9.48. The number of hydrogen-bond donors (Lipinski definition) is 3. The van der Waals surface area contributed by atoms with Gasteiger partial charge in [-0.2, -0.15) is 0 Å². The van der Waals surface area contributed by atoms with Crippen LogP contribution in [0.15, 0.2) is 0 Å². The smallest absolute Gasteiger partial charge is 0.407 e. The number of aldehydes is 1. The molecule has 0 spiro atoms. The maximum Gasteiger partial charge on any atom is 0.407 e. The summed E-state index contributed by atoms with van der Waals surface area (Å²) in [7, 11) is 1.67. The van der Waals surface area contributed by atoms with Crippen molar-refractivity contribution in [2.75, 3.05) is 7.05 Å². The van der Waals surface area contributed by atoms with Crippen LogP contribution in [0.4, 0.5) is 4.79 Å². The Labute approximate surface area is 138 Å². The highest BCUT2D eigenvalue weighted by Crippen LogP contribution is 2.29. The van der Waals surface area contributed by atoms with E-state index in [1.54, 1.807) is 7.05 Å². The van der Waals surface area contributed by atoms with E-state index in [-0.39, 0.29) is 24.0 Å². The van der Waals surface area contributed by atoms with Crippen molar-refractivity contribution in [2.24, 2.45) is 11.8 Å². The molecule has 0 radical (unpaired) electrons. The molecule has 0 unspecified atom stereocenters. The Morgan fingerprint density at radius 1 is 1.26 bits per heavy atom. The highest BCUT2D eigenvalue weighted by atomic mass is 16.6. The van der Waals surface area contributed by atoms with Gasteiger partial charge in [-0.15, -0.1) is 0 Å². The molecule has 0 aliphatic heterocycles. The van der Waals surface area contributed by atoms with Gasteiger partial charge in [0.2, 0.25) is 5.91 Å². The van der Waals surface area contributed by atoms with Crippen molar-refractivity contribution < 1.29 is 19.1 Å². The van der Waals surface area contributed by atoms with Gasteiger partial charge in [-0.1, -0.05) is 13.8 Å². The number of nitrogens with one attached hydrogen (secondary N) is 3. The molecule has 134 valence electrons. The molecule has 1 rings (SSSR count). The van der Waals surface area contributed by atoms with Gasteiger partial charge in [0.1, 0.15) is 11.9 Å². The van der Waals surface area contributed by atoms with Crippen LogP contribution in [0.25, 0.3) is 0 Å². The molecule has 0 aromatic heterocycles. The number of rotatable bonds is 5. The van der Waals surface area contributed by atoms with Crippen LogP contribution in [0.2, 0.25) is 0 Å². The average Bonchev–Trinajstić information content (AvgIpc) is 2.35. The maximum atomic E-state index is 11.3. The van der Waals surface area contributed by atoms with Crippen molar-refractivity contribution in [3.05, 3.63) is 0 Å². The van der Waals surface area contributed by atoms with E-state index in [2.05, 4.69) is 16.2 Å². The lowest BCUT2D eigenvalue weighted by molar-refractivity contribution is -0.124. The van der Waals surface area contributed by atoms with Crippen LogP contribution in [-0.2, 0) is 14.3 Å². The number of amides is 2. The average molecular weight is 329 g/mol. The van der Waals surface area contributed by atoms with E-state index in [0.29, 0.717) is 12.3 Å². The van der Waals surface area contributed by atoms with Crippen LogP contribution in [0.1, 0.15) is 53.9 Å². The molecule has 2 amide bonds. The fourth-order valence-electron chi connectivity index (χ4n) is 1.92. The summed E-state index contributed by atoms with van der Waals surface area (Å²) in [5.41, 5.74) is 4.56. The lowest BCUT2D eigenvalue weighted by atomic mass is 9.79. The quantitative estimate of drug-likeness (QED) is 0.528. The molecular weight excluding hydrogens is 298 g/mol. The maximum absolute atomic E-state index is 11.3. The van der Waals surface area contributed by atoms with Crippen molar-refractivity contribution in [1.82, 2.24) is 16.2 Å². The Morgan fingerprint density at radius 3 is 2.17 bits per heavy atom. The second-order valence-corrected chi connectivity index (χ2v) is 6.98. The van der Waals surface area contributed by atoms with E-state index in [4.69, 9.17) is 4.74 Å². The standard InChI is InChI=1S/C11H19NO3.C5H12N2O/c1-11(2,3)15-10(14)12-9-6-8(7-9)4-5-13;1-4(2)5(8)7-6-3/h5,8-9H,4,6-7H2,1-3H3,(H,12,14);4,6H,1-3H3,(H,7,8). The zero-order valence-corrected chi connectivity index (χ0v) is 15.1. The van der Waals surface area contributed by atoms with Crippen LogP contribution < -0.4 is 16.2 Å². The number of hydrogen-bond acceptors (Lipinski definition) is 5. The van der Waals surface area contributed by atoms with Gasteiger partial charge >= 0.3 is 6.09 Å². The molecule has 0 aromatic carbocycles. The summed E-state index contributed by atoms with van der Waals surface area (Å²) in [5.74, 6) is 0.525. The molecule has 1 saturated carbocycles. The third-order valence-corrected chi connectivity index (χ3v) is 3.16. The summed E-state index contributed by atoms with van der Waals surface area (Å²) < 4.78 is 5.12. The van der Waals surface area contributed by atoms with Gasteiger partial charge < -0.3 is 14.8 Å². The first kappa shape index (κ1) is 21.4. The molecule has 1 fully saturated rings. The Balaban J connectivity index is 0.000000515. The summed E-state index contributed by atoms with van der Waals surface area (Å²) in [5, 5.41) is 2.78. The van der Waals surface area contributed by atoms with E-state index >= 15 is 0 Å². The van der Waals surface area contributed by atoms with Gasteiger partial charge in [0.25, 0.3) is 0 Å². The van der Waals surface area contributed by atoms with Gasteiger partial charge in [-0.3, -0.25) is 10.2 Å². The molecule has 3 N–H and O–H groups in total. The predicted octanol–water partition coefficient (Wildman–Crippen LogP) is 1.77. The first-order valence-corrected chi connectivity index (χ1v) is 7.98. The number of carbonyl (C=O) groups excluding carboxylic acids is 3. The molecule has 0 aromatic rings. The van der Waals surface area contributed by atoms with Crippen LogP contribution in [0, 0.1) is 11.8 Å². The minimum atomic E-state index is -0.448. The largest absolute Gasteiger partial charge is 0.444 e. The SMILES string of the molecule is CC(C)(C)OC(=O)NC1CC(CC=O)C1.CNNC(=O)C(C)C. The lowest BCUT2D eigenvalue weighted by Gasteiger charge is -2.35. The van der Waals surface area contributed by atoms with Gasteiger partial charge in [-0.25, -0.2) is 10.2 Å². The molecule has 7 nitrogen and oxygen atoms in total. The Morgan fingerprint density at radius 2 is 1.83 bits per heavy atom. The topological polar surface area (TPSA) is 96.5 Å². The second-order valence-electron chi connectivity index (χ2n) is 6.98. The molecule has 0 heterocycles. The van der Waals surface area contributed by atoms with E-state index < -0.39 is 5.60 Å². The lowest BCUT2D eigenvalue weighted by Crippen LogP contribution is -2.46. The molecular formula is C16H31N3O4. The Bertz CT molecular complexity index is 385. The molecule has 0 bridgehead atoms. The van der Waals surface area contributed by atoms with Crippen molar-refractivity contribution in [1.29, 1.82) is 0 Å². The third-order valence-electron chi connectivity index (χ3n) is 3.16. The van der Waals surface area contributed by atoms with Crippen LogP contribution >= 0.6 is 0 Å². The minimum absolute atomic E-state index is 0.0208. The van der Waals surface area contributed by atoms with Gasteiger partial charge in [0.15, 0.2) is 0 Å². The molecule has 7 heteroatoms. The van der Waals surface area contributed by atoms with E-state index in [1.165, 1.54) is 0 Å². The Hall–Kier alpha value is -1.63. The van der Waals surface area contributed by atoms with Crippen molar-refractivity contribution >= 4 is 18.3 Å². The monoisotopic (exact) mass is 329 g/mol. The van der Waals surface area contributed by atoms with Crippen LogP contribution in [0.3, 0.4) is 0 Å². The molecule has 0 atom stereocenters. The molecule has 0 saturated heterocycles. The van der Waals surface area contributed by atoms with Crippen molar-refractivity contribution in [2.45, 2.75) is 65.5 Å². The normalized spacial score (nSPS) is 19.8. The summed E-state index contributed by atoms with van der Waals surface area (Å²) >= 11 is 0. The highest BCUT2D eigenvalue weighted by Gasteiger charge is 2.30. The minimum Gasteiger partial charge on any atom is -0.444 e. The summed E-state index contributed by atoms with van der Waals surface area (Å²) in [4.78, 5) is 32.1. The van der Waals surface area contributed by atoms with Crippen molar-refractivity contribution in [3.63, 3.8) is 0 Å². The zero-order valence-electron chi connectivity index (χ0n) is 15.1. The second kappa shape index (κ2) is 10.2. The molecule has 1 aliphatic rings. The number of carbonyl (C=O) groups is 3. The summed E-state index contributed by atoms with van der Waals surface area (Å²) in [6, 6.07) is 0.185. The molecule has 1 aliphatic carbocycles. The zero-order chi connectivity index (χ0) is 18.0. The number of ether oxygens (including phenoxy) is 1. The predicted molar refractivity (Wildman–Crippen MR) is 88.6 cm³/mol. The van der Waals surface area contributed by atoms with Gasteiger partial charge in [0, 0.05) is 25.4 Å². The first-order valence-electron chi connectivity index (χ1n) is 7.98. The fourth-order valence-corrected chi connectivity index (χ4v) is 1.92. The van der Waals surface area contributed by atoms with Gasteiger partial charge in [0.05, 0.1) is 0 Å². The van der Waals surface area contributed by atoms with Crippen LogP contribution in [-0.4, -0.2) is 37.0 Å². The van der Waals surface area contributed by atoms with E-state index in [1.807, 2.05) is 34.6 Å². The third kappa shape index (κ3) is 10.7. The van der Waals surface area contributed by atoms with E-state index in [0.717, 1.165) is 19.1 Å².